The van der Waals surface area contributed by atoms with E-state index in [0.29, 0.717) is 26.0 Å². The second kappa shape index (κ2) is 13.3. The summed E-state index contributed by atoms with van der Waals surface area (Å²) < 4.78 is 11.3. The smallest absolute Gasteiger partial charge is 0.306 e. The molecule has 1 saturated heterocycles. The third-order valence-electron chi connectivity index (χ3n) is 13.6. The number of benzene rings is 1. The molecule has 3 N–H and O–H groups in total. The molecule has 0 aromatic heterocycles. The first-order valence-corrected chi connectivity index (χ1v) is 18.4. The van der Waals surface area contributed by atoms with Gasteiger partial charge in [-0.15, -0.1) is 0 Å². The van der Waals surface area contributed by atoms with Crippen LogP contribution in [-0.2, 0) is 34.1 Å². The number of ketones is 2. The summed E-state index contributed by atoms with van der Waals surface area (Å²) in [6.45, 7) is 8.84. The number of hydrogen-bond donors (Lipinski definition) is 3. The number of allylic oxidation sites excluding steroid dienone is 1. The fourth-order valence-corrected chi connectivity index (χ4v) is 11.1. The van der Waals surface area contributed by atoms with Gasteiger partial charge >= 0.3 is 5.97 Å². The summed E-state index contributed by atoms with van der Waals surface area (Å²) in [5, 5.41) is 26.5. The van der Waals surface area contributed by atoms with Crippen LogP contribution >= 0.6 is 0 Å². The number of rotatable bonds is 10. The SMILES string of the molecule is CC1(C)CC(CCNC(=O)CCC(=O)OCC(=O)[C@@]2(O)CCC3C4CCC5=CC(=O)CC[C@]5(C)C4[C@@H](O)C[C@@]32C)(c2ccccc2)CCO1. The number of aliphatic hydroxyl groups is 2. The van der Waals surface area contributed by atoms with Crippen LogP contribution in [0.2, 0.25) is 0 Å². The second-order valence-corrected chi connectivity index (χ2v) is 16.8. The molecule has 0 spiro atoms. The number of carbonyl (C=O) groups is 4. The van der Waals surface area contributed by atoms with E-state index in [-0.39, 0.29) is 71.6 Å². The molecule has 1 aliphatic heterocycles. The van der Waals surface area contributed by atoms with Crippen LogP contribution in [0.15, 0.2) is 42.0 Å². The lowest BCUT2D eigenvalue weighted by atomic mass is 9.45. The van der Waals surface area contributed by atoms with Crippen LogP contribution < -0.4 is 5.32 Å². The molecule has 1 aromatic carbocycles. The summed E-state index contributed by atoms with van der Waals surface area (Å²) in [4.78, 5) is 51.2. The fourth-order valence-electron chi connectivity index (χ4n) is 11.1. The highest BCUT2D eigenvalue weighted by Crippen LogP contribution is 2.67. The van der Waals surface area contributed by atoms with E-state index in [2.05, 4.69) is 38.2 Å². The molecule has 0 bridgehead atoms. The van der Waals surface area contributed by atoms with Crippen LogP contribution in [0.1, 0.15) is 110 Å². The Hall–Kier alpha value is -2.88. The lowest BCUT2D eigenvalue weighted by molar-refractivity contribution is -0.184. The Morgan fingerprint density at radius 3 is 2.49 bits per heavy atom. The van der Waals surface area contributed by atoms with Gasteiger partial charge in [0.2, 0.25) is 11.7 Å². The van der Waals surface area contributed by atoms with Crippen molar-refractivity contribution in [2.24, 2.45) is 28.6 Å². The first-order chi connectivity index (χ1) is 23.1. The number of hydrogen-bond acceptors (Lipinski definition) is 8. The van der Waals surface area contributed by atoms with E-state index in [1.54, 1.807) is 6.08 Å². The average Bonchev–Trinajstić information content (AvgIpc) is 3.33. The summed E-state index contributed by atoms with van der Waals surface area (Å²) in [6, 6.07) is 10.4. The third-order valence-corrected chi connectivity index (χ3v) is 13.6. The number of Topliss-reactive ketones (excluding diaryl/α,β-unsaturated/α-hetero) is 1. The third kappa shape index (κ3) is 6.56. The van der Waals surface area contributed by atoms with Gasteiger partial charge < -0.3 is 25.0 Å². The van der Waals surface area contributed by atoms with Gasteiger partial charge in [0.15, 0.2) is 12.4 Å². The van der Waals surface area contributed by atoms with Crippen molar-refractivity contribution in [2.75, 3.05) is 19.8 Å². The summed E-state index contributed by atoms with van der Waals surface area (Å²) in [6.07, 6.45) is 7.32. The Bertz CT molecular complexity index is 1490. The molecule has 1 heterocycles. The van der Waals surface area contributed by atoms with Crippen molar-refractivity contribution in [3.05, 3.63) is 47.5 Å². The van der Waals surface area contributed by atoms with Crippen LogP contribution in [0.4, 0.5) is 0 Å². The van der Waals surface area contributed by atoms with Gasteiger partial charge in [-0.2, -0.15) is 0 Å². The van der Waals surface area contributed by atoms with Crippen LogP contribution in [0.25, 0.3) is 0 Å². The summed E-state index contributed by atoms with van der Waals surface area (Å²) in [5.41, 5.74) is -0.833. The Balaban J connectivity index is 0.999. The normalized spacial score (nSPS) is 38.0. The van der Waals surface area contributed by atoms with Gasteiger partial charge in [-0.3, -0.25) is 19.2 Å². The number of amides is 1. The number of fused-ring (bicyclic) bond motifs is 5. The highest BCUT2D eigenvalue weighted by atomic mass is 16.5. The molecule has 6 rings (SSSR count). The van der Waals surface area contributed by atoms with Crippen molar-refractivity contribution in [1.82, 2.24) is 5.32 Å². The van der Waals surface area contributed by atoms with Gasteiger partial charge in [0, 0.05) is 36.8 Å². The zero-order chi connectivity index (χ0) is 35.2. The molecule has 4 fully saturated rings. The second-order valence-electron chi connectivity index (χ2n) is 16.8. The zero-order valence-electron chi connectivity index (χ0n) is 29.7. The molecule has 268 valence electrons. The maximum absolute atomic E-state index is 13.6. The molecular weight excluding hydrogens is 622 g/mol. The first-order valence-electron chi connectivity index (χ1n) is 18.4. The van der Waals surface area contributed by atoms with Crippen molar-refractivity contribution in [3.63, 3.8) is 0 Å². The molecule has 4 unspecified atom stereocenters. The summed E-state index contributed by atoms with van der Waals surface area (Å²) in [5.74, 6) is -1.15. The van der Waals surface area contributed by atoms with E-state index in [4.69, 9.17) is 9.47 Å². The summed E-state index contributed by atoms with van der Waals surface area (Å²) in [7, 11) is 0. The maximum Gasteiger partial charge on any atom is 0.306 e. The quantitative estimate of drug-likeness (QED) is 0.289. The number of aliphatic hydroxyl groups excluding tert-OH is 1. The Labute approximate surface area is 290 Å². The zero-order valence-corrected chi connectivity index (χ0v) is 29.7. The van der Waals surface area contributed by atoms with Crippen LogP contribution in [-0.4, -0.2) is 70.7 Å². The molecule has 3 saturated carbocycles. The summed E-state index contributed by atoms with van der Waals surface area (Å²) >= 11 is 0. The average molecular weight is 678 g/mol. The van der Waals surface area contributed by atoms with Crippen LogP contribution in [0.3, 0.4) is 0 Å². The van der Waals surface area contributed by atoms with E-state index < -0.39 is 35.5 Å². The fraction of sp³-hybridized carbons (Fsp3) is 0.700. The van der Waals surface area contributed by atoms with E-state index in [1.807, 2.05) is 25.1 Å². The van der Waals surface area contributed by atoms with E-state index in [0.717, 1.165) is 44.1 Å². The van der Waals surface area contributed by atoms with Gasteiger partial charge in [-0.05, 0) is 106 Å². The van der Waals surface area contributed by atoms with Gasteiger partial charge in [-0.1, -0.05) is 49.8 Å². The van der Waals surface area contributed by atoms with Crippen LogP contribution in [0, 0.1) is 28.6 Å². The van der Waals surface area contributed by atoms with E-state index in [9.17, 15) is 29.4 Å². The van der Waals surface area contributed by atoms with Crippen molar-refractivity contribution in [3.8, 4) is 0 Å². The van der Waals surface area contributed by atoms with Gasteiger partial charge in [0.1, 0.15) is 5.60 Å². The maximum atomic E-state index is 13.6. The highest BCUT2D eigenvalue weighted by Gasteiger charge is 2.68. The number of ether oxygens (including phenoxy) is 2. The first kappa shape index (κ1) is 35.9. The molecule has 9 heteroatoms. The van der Waals surface area contributed by atoms with Crippen molar-refractivity contribution in [1.29, 1.82) is 0 Å². The molecule has 1 aromatic rings. The van der Waals surface area contributed by atoms with Gasteiger partial charge in [0.05, 0.1) is 18.1 Å². The lowest BCUT2D eigenvalue weighted by Gasteiger charge is -2.60. The molecule has 0 radical (unpaired) electrons. The van der Waals surface area contributed by atoms with Crippen molar-refractivity contribution >= 4 is 23.4 Å². The minimum Gasteiger partial charge on any atom is -0.458 e. The number of carbonyl (C=O) groups excluding carboxylic acids is 4. The molecule has 49 heavy (non-hydrogen) atoms. The molecular formula is C40H55NO8. The molecule has 1 amide bonds. The largest absolute Gasteiger partial charge is 0.458 e. The number of esters is 1. The molecule has 4 aliphatic carbocycles. The Kier molecular flexibility index (Phi) is 9.79. The predicted molar refractivity (Wildman–Crippen MR) is 183 cm³/mol. The Morgan fingerprint density at radius 2 is 1.76 bits per heavy atom. The van der Waals surface area contributed by atoms with Gasteiger partial charge in [-0.25, -0.2) is 0 Å². The van der Waals surface area contributed by atoms with Crippen LogP contribution in [0.5, 0.6) is 0 Å². The topological polar surface area (TPSA) is 139 Å². The van der Waals surface area contributed by atoms with Crippen molar-refractivity contribution in [2.45, 2.75) is 127 Å². The Morgan fingerprint density at radius 1 is 1.00 bits per heavy atom. The lowest BCUT2D eigenvalue weighted by Crippen LogP contribution is -2.62. The molecule has 5 aliphatic rings. The molecule has 8 atom stereocenters. The van der Waals surface area contributed by atoms with Crippen molar-refractivity contribution < 1.29 is 38.9 Å². The highest BCUT2D eigenvalue weighted by molar-refractivity contribution is 5.92. The van der Waals surface area contributed by atoms with Gasteiger partial charge in [0.25, 0.3) is 0 Å². The minimum atomic E-state index is -1.71. The predicted octanol–water partition coefficient (Wildman–Crippen LogP) is 5.15. The minimum absolute atomic E-state index is 0.0208. The standard InChI is InChI=1S/C40H55NO8/c1-36(2)25-39(19-21-49-36,26-8-6-5-7-9-26)18-20-41-33(45)12-13-34(46)48-24-32(44)40(47)17-15-30-29-11-10-27-22-28(42)14-16-37(27,3)35(29)31(43)23-38(30,40)4/h5-9,22,29-31,35,43,47H,10-21,23-25H2,1-4H3,(H,41,45)/t29?,30?,31-,35?,37-,38-,39?,40-/m0/s1. The van der Waals surface area contributed by atoms with E-state index >= 15 is 0 Å². The monoisotopic (exact) mass is 677 g/mol. The van der Waals surface area contributed by atoms with E-state index in [1.165, 1.54) is 5.56 Å². The number of nitrogens with one attached hydrogen (secondary N) is 1. The molecule has 9 nitrogen and oxygen atoms in total.